The third-order valence-electron chi connectivity index (χ3n) is 3.34. The van der Waals surface area contributed by atoms with Gasteiger partial charge in [0, 0.05) is 6.08 Å². The minimum atomic E-state index is -0.720. The first-order chi connectivity index (χ1) is 12.8. The molecule has 142 valence electrons. The maximum absolute atomic E-state index is 12.2. The molecule has 27 heavy (non-hydrogen) atoms. The predicted octanol–water partition coefficient (Wildman–Crippen LogP) is 3.64. The summed E-state index contributed by atoms with van der Waals surface area (Å²) in [7, 11) is 0. The van der Waals surface area contributed by atoms with E-state index in [1.807, 2.05) is 0 Å². The highest BCUT2D eigenvalue weighted by Crippen LogP contribution is 2.18. The topological polar surface area (TPSA) is 94.8 Å². The minimum Gasteiger partial charge on any atom is -0.465 e. The Morgan fingerprint density at radius 2 is 1.81 bits per heavy atom. The molecular weight excluding hydrogens is 350 g/mol. The summed E-state index contributed by atoms with van der Waals surface area (Å²) in [5.41, 5.74) is -0.277. The van der Waals surface area contributed by atoms with Crippen molar-refractivity contribution in [2.24, 2.45) is 5.41 Å². The van der Waals surface area contributed by atoms with E-state index in [2.05, 4.69) is 5.32 Å². The lowest BCUT2D eigenvalue weighted by molar-refractivity contribution is -0.161. The monoisotopic (exact) mass is 371 g/mol. The summed E-state index contributed by atoms with van der Waals surface area (Å²) in [6.07, 6.45) is 4.28. The Kier molecular flexibility index (Phi) is 6.54. The maximum atomic E-state index is 12.2. The number of hydrogen-bond acceptors (Lipinski definition) is 6. The number of carbonyl (C=O) groups excluding carboxylic acids is 3. The SMILES string of the molecule is CC(C)(C)C(=O)OCOC(=O)c1ccccc1NC(=O)C=Cc1ccco1. The molecule has 1 aromatic carbocycles. The normalized spacial score (nSPS) is 11.2. The van der Waals surface area contributed by atoms with Crippen molar-refractivity contribution in [1.29, 1.82) is 0 Å². The van der Waals surface area contributed by atoms with Crippen LogP contribution in [-0.2, 0) is 19.1 Å². The number of nitrogens with one attached hydrogen (secondary N) is 1. The Morgan fingerprint density at radius 3 is 2.48 bits per heavy atom. The number of anilines is 1. The van der Waals surface area contributed by atoms with Crippen LogP contribution in [-0.4, -0.2) is 24.6 Å². The molecule has 0 saturated heterocycles. The molecule has 7 heteroatoms. The fraction of sp³-hybridized carbons (Fsp3) is 0.250. The highest BCUT2D eigenvalue weighted by Gasteiger charge is 2.23. The highest BCUT2D eigenvalue weighted by atomic mass is 16.7. The molecule has 0 fully saturated rings. The van der Waals surface area contributed by atoms with Gasteiger partial charge in [-0.3, -0.25) is 9.59 Å². The van der Waals surface area contributed by atoms with E-state index in [0.717, 1.165) is 0 Å². The number of para-hydroxylation sites is 1. The van der Waals surface area contributed by atoms with E-state index < -0.39 is 30.1 Å². The molecule has 7 nitrogen and oxygen atoms in total. The number of rotatable bonds is 6. The van der Waals surface area contributed by atoms with Gasteiger partial charge in [0.2, 0.25) is 12.7 Å². The number of hydrogen-bond donors (Lipinski definition) is 1. The molecule has 2 aromatic rings. The summed E-state index contributed by atoms with van der Waals surface area (Å²) in [6.45, 7) is 4.57. The van der Waals surface area contributed by atoms with Crippen LogP contribution in [0.4, 0.5) is 5.69 Å². The van der Waals surface area contributed by atoms with E-state index in [9.17, 15) is 14.4 Å². The predicted molar refractivity (Wildman–Crippen MR) is 98.6 cm³/mol. The van der Waals surface area contributed by atoms with Crippen molar-refractivity contribution in [3.63, 3.8) is 0 Å². The van der Waals surface area contributed by atoms with Gasteiger partial charge in [0.15, 0.2) is 0 Å². The molecule has 1 amide bonds. The quantitative estimate of drug-likeness (QED) is 0.473. The van der Waals surface area contributed by atoms with Crippen LogP contribution in [0, 0.1) is 5.41 Å². The zero-order valence-electron chi connectivity index (χ0n) is 15.4. The molecule has 0 aliphatic carbocycles. The Labute approximate surface area is 157 Å². The molecule has 0 bridgehead atoms. The second kappa shape index (κ2) is 8.84. The van der Waals surface area contributed by atoms with Crippen molar-refractivity contribution in [3.8, 4) is 0 Å². The van der Waals surface area contributed by atoms with Crippen molar-refractivity contribution < 1.29 is 28.3 Å². The first-order valence-electron chi connectivity index (χ1n) is 8.23. The molecular formula is C20H21NO6. The van der Waals surface area contributed by atoms with Gasteiger partial charge >= 0.3 is 11.9 Å². The van der Waals surface area contributed by atoms with Crippen LogP contribution in [0.2, 0.25) is 0 Å². The number of carbonyl (C=O) groups is 3. The number of furan rings is 1. The smallest absolute Gasteiger partial charge is 0.343 e. The van der Waals surface area contributed by atoms with Crippen molar-refractivity contribution in [1.82, 2.24) is 0 Å². The van der Waals surface area contributed by atoms with E-state index in [4.69, 9.17) is 13.9 Å². The van der Waals surface area contributed by atoms with Crippen LogP contribution in [0.15, 0.2) is 53.2 Å². The third-order valence-corrected chi connectivity index (χ3v) is 3.34. The summed E-state index contributed by atoms with van der Waals surface area (Å²) in [6, 6.07) is 9.77. The Hall–Kier alpha value is -3.35. The number of esters is 2. The Balaban J connectivity index is 1.97. The standard InChI is InChI=1S/C20H21NO6/c1-20(2,3)19(24)27-13-26-18(23)15-8-4-5-9-16(15)21-17(22)11-10-14-7-6-12-25-14/h4-12H,13H2,1-3H3,(H,21,22). The number of benzene rings is 1. The van der Waals surface area contributed by atoms with Crippen molar-refractivity contribution >= 4 is 29.6 Å². The van der Waals surface area contributed by atoms with Gasteiger partial charge in [-0.25, -0.2) is 4.79 Å². The summed E-state index contributed by atoms with van der Waals surface area (Å²) in [5.74, 6) is -1.12. The second-order valence-corrected chi connectivity index (χ2v) is 6.62. The molecule has 1 N–H and O–H groups in total. The number of ether oxygens (including phenoxy) is 2. The van der Waals surface area contributed by atoms with Crippen molar-refractivity contribution in [2.45, 2.75) is 20.8 Å². The third kappa shape index (κ3) is 6.14. The molecule has 0 spiro atoms. The van der Waals surface area contributed by atoms with E-state index in [-0.39, 0.29) is 11.3 Å². The van der Waals surface area contributed by atoms with E-state index in [1.165, 1.54) is 24.5 Å². The van der Waals surface area contributed by atoms with Crippen LogP contribution in [0.1, 0.15) is 36.9 Å². The molecule has 0 aliphatic rings. The van der Waals surface area contributed by atoms with Gasteiger partial charge in [0.05, 0.1) is 22.9 Å². The maximum Gasteiger partial charge on any atom is 0.343 e. The van der Waals surface area contributed by atoms with E-state index in [1.54, 1.807) is 51.1 Å². The first kappa shape index (κ1) is 20.0. The summed E-state index contributed by atoms with van der Waals surface area (Å²) in [5, 5.41) is 2.60. The van der Waals surface area contributed by atoms with Crippen LogP contribution in [0.25, 0.3) is 6.08 Å². The average Bonchev–Trinajstić information content (AvgIpc) is 3.13. The lowest BCUT2D eigenvalue weighted by Gasteiger charge is -2.16. The average molecular weight is 371 g/mol. The lowest BCUT2D eigenvalue weighted by atomic mass is 9.98. The molecule has 1 heterocycles. The summed E-state index contributed by atoms with van der Waals surface area (Å²) < 4.78 is 15.0. The van der Waals surface area contributed by atoms with E-state index in [0.29, 0.717) is 5.76 Å². The largest absolute Gasteiger partial charge is 0.465 e. The Morgan fingerprint density at radius 1 is 1.07 bits per heavy atom. The molecule has 0 atom stereocenters. The van der Waals surface area contributed by atoms with Crippen LogP contribution >= 0.6 is 0 Å². The van der Waals surface area contributed by atoms with Gasteiger partial charge < -0.3 is 19.2 Å². The van der Waals surface area contributed by atoms with Crippen LogP contribution in [0.5, 0.6) is 0 Å². The van der Waals surface area contributed by atoms with Crippen LogP contribution < -0.4 is 5.32 Å². The van der Waals surface area contributed by atoms with Crippen molar-refractivity contribution in [3.05, 3.63) is 60.1 Å². The molecule has 0 aliphatic heterocycles. The van der Waals surface area contributed by atoms with Crippen molar-refractivity contribution in [2.75, 3.05) is 12.1 Å². The fourth-order valence-corrected chi connectivity index (χ4v) is 1.92. The highest BCUT2D eigenvalue weighted by molar-refractivity contribution is 6.06. The molecule has 1 aromatic heterocycles. The second-order valence-electron chi connectivity index (χ2n) is 6.62. The van der Waals surface area contributed by atoms with Gasteiger partial charge in [0.25, 0.3) is 0 Å². The van der Waals surface area contributed by atoms with E-state index >= 15 is 0 Å². The van der Waals surface area contributed by atoms with Gasteiger partial charge in [0.1, 0.15) is 5.76 Å². The minimum absolute atomic E-state index is 0.143. The lowest BCUT2D eigenvalue weighted by Crippen LogP contribution is -2.25. The fourth-order valence-electron chi connectivity index (χ4n) is 1.92. The number of amides is 1. The zero-order chi connectivity index (χ0) is 19.9. The van der Waals surface area contributed by atoms with Gasteiger partial charge in [-0.1, -0.05) is 12.1 Å². The zero-order valence-corrected chi connectivity index (χ0v) is 15.4. The van der Waals surface area contributed by atoms with Crippen LogP contribution in [0.3, 0.4) is 0 Å². The molecule has 2 rings (SSSR count). The Bertz CT molecular complexity index is 830. The van der Waals surface area contributed by atoms with Gasteiger partial charge in [-0.15, -0.1) is 0 Å². The van der Waals surface area contributed by atoms with Gasteiger partial charge in [-0.2, -0.15) is 0 Å². The van der Waals surface area contributed by atoms with Gasteiger partial charge in [-0.05, 0) is 51.1 Å². The summed E-state index contributed by atoms with van der Waals surface area (Å²) >= 11 is 0. The summed E-state index contributed by atoms with van der Waals surface area (Å²) in [4.78, 5) is 35.9. The molecule has 0 radical (unpaired) electrons. The molecule has 0 unspecified atom stereocenters. The first-order valence-corrected chi connectivity index (χ1v) is 8.23. The molecule has 0 saturated carbocycles.